The predicted octanol–water partition coefficient (Wildman–Crippen LogP) is 4.39. The summed E-state index contributed by atoms with van der Waals surface area (Å²) in [6.45, 7) is 2.04. The third-order valence-corrected chi connectivity index (χ3v) is 4.38. The first kappa shape index (κ1) is 12.9. The van der Waals surface area contributed by atoms with E-state index in [9.17, 15) is 5.11 Å². The first-order valence-electron chi connectivity index (χ1n) is 5.25. The molecule has 0 aliphatic heterocycles. The van der Waals surface area contributed by atoms with Crippen LogP contribution >= 0.6 is 31.9 Å². The molecule has 0 spiro atoms. The van der Waals surface area contributed by atoms with E-state index < -0.39 is 6.10 Å². The number of rotatable bonds is 3. The molecule has 0 aliphatic carbocycles. The van der Waals surface area contributed by atoms with Crippen LogP contribution in [-0.2, 0) is 6.42 Å². The van der Waals surface area contributed by atoms with Gasteiger partial charge in [-0.05, 0) is 56.0 Å². The number of aliphatic hydroxyl groups is 1. The van der Waals surface area contributed by atoms with Crippen LogP contribution < -0.4 is 0 Å². The zero-order chi connectivity index (χ0) is 12.4. The molecule has 0 saturated carbocycles. The number of furan rings is 1. The lowest BCUT2D eigenvalue weighted by atomic mass is 10.0. The molecule has 0 saturated heterocycles. The minimum atomic E-state index is -0.626. The molecule has 1 aromatic carbocycles. The number of aliphatic hydroxyl groups excluding tert-OH is 1. The zero-order valence-electron chi connectivity index (χ0n) is 9.28. The number of hydrogen-bond acceptors (Lipinski definition) is 2. The van der Waals surface area contributed by atoms with Gasteiger partial charge < -0.3 is 9.52 Å². The Bertz CT molecular complexity index is 500. The first-order valence-corrected chi connectivity index (χ1v) is 6.84. The van der Waals surface area contributed by atoms with Crippen molar-refractivity contribution in [3.05, 3.63) is 56.4 Å². The highest BCUT2D eigenvalue weighted by Gasteiger charge is 2.16. The molecule has 0 bridgehead atoms. The molecule has 0 aliphatic rings. The van der Waals surface area contributed by atoms with Gasteiger partial charge in [-0.1, -0.05) is 24.3 Å². The zero-order valence-corrected chi connectivity index (χ0v) is 12.5. The van der Waals surface area contributed by atoms with E-state index in [1.165, 1.54) is 5.56 Å². The third kappa shape index (κ3) is 3.00. The molecule has 2 rings (SSSR count). The fourth-order valence-electron chi connectivity index (χ4n) is 1.68. The molecule has 4 heteroatoms. The lowest BCUT2D eigenvalue weighted by molar-refractivity contribution is 0.148. The van der Waals surface area contributed by atoms with E-state index in [4.69, 9.17) is 4.42 Å². The van der Waals surface area contributed by atoms with Crippen molar-refractivity contribution in [1.29, 1.82) is 0 Å². The van der Waals surface area contributed by atoms with E-state index in [1.54, 1.807) is 6.07 Å². The van der Waals surface area contributed by atoms with Crippen molar-refractivity contribution in [3.63, 3.8) is 0 Å². The van der Waals surface area contributed by atoms with Crippen molar-refractivity contribution in [2.75, 3.05) is 0 Å². The van der Waals surface area contributed by atoms with Crippen molar-refractivity contribution in [3.8, 4) is 0 Å². The molecule has 1 heterocycles. The molecule has 1 unspecified atom stereocenters. The highest BCUT2D eigenvalue weighted by molar-refractivity contribution is 9.13. The van der Waals surface area contributed by atoms with E-state index >= 15 is 0 Å². The van der Waals surface area contributed by atoms with Crippen molar-refractivity contribution < 1.29 is 9.52 Å². The molecule has 1 atom stereocenters. The van der Waals surface area contributed by atoms with Crippen LogP contribution in [0.3, 0.4) is 0 Å². The molecular weight excluding hydrogens is 348 g/mol. The molecule has 2 aromatic rings. The monoisotopic (exact) mass is 358 g/mol. The maximum atomic E-state index is 10.1. The average Bonchev–Trinajstić information content (AvgIpc) is 2.63. The summed E-state index contributed by atoms with van der Waals surface area (Å²) in [5.74, 6) is 0.562. The van der Waals surface area contributed by atoms with Crippen LogP contribution in [0.15, 0.2) is 43.9 Å². The number of aryl methyl sites for hydroxylation is 1. The molecular formula is C13H12Br2O2. The van der Waals surface area contributed by atoms with Gasteiger partial charge in [-0.2, -0.15) is 0 Å². The fourth-order valence-corrected chi connectivity index (χ4v) is 2.28. The van der Waals surface area contributed by atoms with Crippen LogP contribution in [0.25, 0.3) is 0 Å². The van der Waals surface area contributed by atoms with Crippen molar-refractivity contribution in [1.82, 2.24) is 0 Å². The maximum Gasteiger partial charge on any atom is 0.183 e. The van der Waals surface area contributed by atoms with Gasteiger partial charge >= 0.3 is 0 Å². The number of benzene rings is 1. The molecule has 1 aromatic heterocycles. The van der Waals surface area contributed by atoms with Gasteiger partial charge in [-0.15, -0.1) is 0 Å². The second-order valence-electron chi connectivity index (χ2n) is 3.92. The standard InChI is InChI=1S/C13H12Br2O2/c1-8-4-2-3-5-9(8)6-11(16)12-7-10(14)13(15)17-12/h2-5,7,11,16H,6H2,1H3. The normalized spacial score (nSPS) is 12.7. The predicted molar refractivity (Wildman–Crippen MR) is 74.0 cm³/mol. The lowest BCUT2D eigenvalue weighted by Crippen LogP contribution is -2.01. The minimum Gasteiger partial charge on any atom is -0.450 e. The van der Waals surface area contributed by atoms with Gasteiger partial charge in [-0.3, -0.25) is 0 Å². The summed E-state index contributed by atoms with van der Waals surface area (Å²) in [6.07, 6.45) is -0.0716. The highest BCUT2D eigenvalue weighted by Crippen LogP contribution is 2.31. The molecule has 1 N–H and O–H groups in total. The topological polar surface area (TPSA) is 33.4 Å². The Morgan fingerprint density at radius 1 is 1.29 bits per heavy atom. The lowest BCUT2D eigenvalue weighted by Gasteiger charge is -2.09. The Morgan fingerprint density at radius 3 is 2.59 bits per heavy atom. The van der Waals surface area contributed by atoms with E-state index in [1.807, 2.05) is 31.2 Å². The van der Waals surface area contributed by atoms with E-state index in [0.717, 1.165) is 10.0 Å². The van der Waals surface area contributed by atoms with Gasteiger partial charge in [0.1, 0.15) is 11.9 Å². The van der Waals surface area contributed by atoms with Crippen molar-refractivity contribution in [2.45, 2.75) is 19.4 Å². The molecule has 0 radical (unpaired) electrons. The average molecular weight is 360 g/mol. The Labute approximate surface area is 117 Å². The van der Waals surface area contributed by atoms with E-state index in [2.05, 4.69) is 31.9 Å². The second kappa shape index (κ2) is 5.38. The van der Waals surface area contributed by atoms with Crippen LogP contribution in [0.4, 0.5) is 0 Å². The molecule has 0 amide bonds. The van der Waals surface area contributed by atoms with Crippen LogP contribution in [-0.4, -0.2) is 5.11 Å². The largest absolute Gasteiger partial charge is 0.450 e. The van der Waals surface area contributed by atoms with Crippen LogP contribution in [0.2, 0.25) is 0 Å². The smallest absolute Gasteiger partial charge is 0.183 e. The maximum absolute atomic E-state index is 10.1. The summed E-state index contributed by atoms with van der Waals surface area (Å²) in [7, 11) is 0. The summed E-state index contributed by atoms with van der Waals surface area (Å²) in [4.78, 5) is 0. The Balaban J connectivity index is 2.17. The highest BCUT2D eigenvalue weighted by atomic mass is 79.9. The van der Waals surface area contributed by atoms with Gasteiger partial charge in [0.2, 0.25) is 0 Å². The van der Waals surface area contributed by atoms with Crippen molar-refractivity contribution in [2.24, 2.45) is 0 Å². The third-order valence-electron chi connectivity index (χ3n) is 2.67. The van der Waals surface area contributed by atoms with Crippen LogP contribution in [0.1, 0.15) is 23.0 Å². The second-order valence-corrected chi connectivity index (χ2v) is 5.49. The summed E-state index contributed by atoms with van der Waals surface area (Å²) in [5, 5.41) is 10.1. The van der Waals surface area contributed by atoms with Crippen LogP contribution in [0, 0.1) is 6.92 Å². The molecule has 90 valence electrons. The SMILES string of the molecule is Cc1ccccc1CC(O)c1cc(Br)c(Br)o1. The fraction of sp³-hybridized carbons (Fsp3) is 0.231. The summed E-state index contributed by atoms with van der Waals surface area (Å²) >= 11 is 6.59. The minimum absolute atomic E-state index is 0.555. The number of halogens is 2. The summed E-state index contributed by atoms with van der Waals surface area (Å²) in [6, 6.07) is 9.81. The van der Waals surface area contributed by atoms with Gasteiger partial charge in [0, 0.05) is 6.42 Å². The van der Waals surface area contributed by atoms with E-state index in [-0.39, 0.29) is 0 Å². The summed E-state index contributed by atoms with van der Waals surface area (Å²) < 4.78 is 6.83. The first-order chi connectivity index (χ1) is 8.08. The van der Waals surface area contributed by atoms with Gasteiger partial charge in [0.25, 0.3) is 0 Å². The van der Waals surface area contributed by atoms with E-state index in [0.29, 0.717) is 16.9 Å². The Kier molecular flexibility index (Phi) is 4.07. The Morgan fingerprint density at radius 2 is 2.00 bits per heavy atom. The van der Waals surface area contributed by atoms with Crippen LogP contribution in [0.5, 0.6) is 0 Å². The summed E-state index contributed by atoms with van der Waals surface area (Å²) in [5.41, 5.74) is 2.31. The molecule has 17 heavy (non-hydrogen) atoms. The number of hydrogen-bond donors (Lipinski definition) is 1. The van der Waals surface area contributed by atoms with Gasteiger partial charge in [0.05, 0.1) is 4.47 Å². The van der Waals surface area contributed by atoms with Gasteiger partial charge in [-0.25, -0.2) is 0 Å². The van der Waals surface area contributed by atoms with Gasteiger partial charge in [0.15, 0.2) is 4.67 Å². The van der Waals surface area contributed by atoms with Crippen molar-refractivity contribution >= 4 is 31.9 Å². The Hall–Kier alpha value is -0.580. The molecule has 0 fully saturated rings. The molecule has 2 nitrogen and oxygen atoms in total. The quantitative estimate of drug-likeness (QED) is 0.881.